The van der Waals surface area contributed by atoms with Gasteiger partial charge in [-0.2, -0.15) is 0 Å². The number of unbranched alkanes of at least 4 members (excludes halogenated alkanes) is 1. The first-order chi connectivity index (χ1) is 11.7. The molecule has 140 valence electrons. The van der Waals surface area contributed by atoms with Crippen LogP contribution in [0, 0.1) is 0 Å². The van der Waals surface area contributed by atoms with Crippen LogP contribution in [-0.4, -0.2) is 65.1 Å². The summed E-state index contributed by atoms with van der Waals surface area (Å²) >= 11 is 0. The highest BCUT2D eigenvalue weighted by molar-refractivity contribution is 6.35. The SMILES string of the molecule is BCCCN1CCCBCCCNC1(C)NCCCNCCCC. The quantitative estimate of drug-likeness (QED) is 0.394. The van der Waals surface area contributed by atoms with Crippen molar-refractivity contribution in [3.63, 3.8) is 0 Å². The molecule has 1 rings (SSSR count). The van der Waals surface area contributed by atoms with Gasteiger partial charge in [-0.25, -0.2) is 0 Å². The van der Waals surface area contributed by atoms with Gasteiger partial charge in [0.2, 0.25) is 0 Å². The summed E-state index contributed by atoms with van der Waals surface area (Å²) in [4.78, 5) is 2.66. The van der Waals surface area contributed by atoms with Crippen LogP contribution in [0.15, 0.2) is 0 Å². The van der Waals surface area contributed by atoms with E-state index in [1.807, 2.05) is 0 Å². The predicted molar refractivity (Wildman–Crippen MR) is 112 cm³/mol. The van der Waals surface area contributed by atoms with Crippen LogP contribution in [0.1, 0.15) is 52.4 Å². The summed E-state index contributed by atoms with van der Waals surface area (Å²) in [7, 11) is 3.69. The Hall–Kier alpha value is -0.0301. The molecule has 0 spiro atoms. The number of hydrogen-bond donors (Lipinski definition) is 3. The van der Waals surface area contributed by atoms with Crippen molar-refractivity contribution in [2.75, 3.05) is 39.3 Å². The van der Waals surface area contributed by atoms with Gasteiger partial charge in [-0.15, -0.1) is 0 Å². The van der Waals surface area contributed by atoms with Crippen LogP contribution in [-0.2, 0) is 0 Å². The average Bonchev–Trinajstić information content (AvgIpc) is 2.59. The van der Waals surface area contributed by atoms with Gasteiger partial charge in [0.1, 0.15) is 20.9 Å². The summed E-state index contributed by atoms with van der Waals surface area (Å²) in [5.74, 6) is -0.0457. The Morgan fingerprint density at radius 1 is 1.12 bits per heavy atom. The molecule has 1 heterocycles. The smallest absolute Gasteiger partial charge is 0.123 e. The van der Waals surface area contributed by atoms with E-state index in [2.05, 4.69) is 42.5 Å². The van der Waals surface area contributed by atoms with Gasteiger partial charge in [-0.05, 0) is 65.2 Å². The number of hydrogen-bond acceptors (Lipinski definition) is 4. The fourth-order valence-corrected chi connectivity index (χ4v) is 3.46. The molecule has 1 fully saturated rings. The van der Waals surface area contributed by atoms with Crippen molar-refractivity contribution in [3.05, 3.63) is 0 Å². The Kier molecular flexibility index (Phi) is 13.0. The summed E-state index contributed by atoms with van der Waals surface area (Å²) in [5, 5.41) is 11.2. The van der Waals surface area contributed by atoms with Gasteiger partial charge >= 0.3 is 0 Å². The fraction of sp³-hybridized carbons (Fsp3) is 1.00. The molecule has 0 aromatic rings. The van der Waals surface area contributed by atoms with E-state index in [0.29, 0.717) is 0 Å². The monoisotopic (exact) mass is 336 g/mol. The second kappa shape index (κ2) is 14.2. The van der Waals surface area contributed by atoms with Crippen molar-refractivity contribution in [1.29, 1.82) is 0 Å². The maximum absolute atomic E-state index is 3.84. The van der Waals surface area contributed by atoms with E-state index >= 15 is 0 Å². The van der Waals surface area contributed by atoms with Crippen LogP contribution in [0.2, 0.25) is 19.0 Å². The molecule has 6 heteroatoms. The molecule has 0 bridgehead atoms. The summed E-state index contributed by atoms with van der Waals surface area (Å²) in [6.07, 6.45) is 11.7. The Labute approximate surface area is 152 Å². The molecule has 0 saturated carbocycles. The van der Waals surface area contributed by atoms with E-state index in [0.717, 1.165) is 26.2 Å². The van der Waals surface area contributed by atoms with Gasteiger partial charge in [0.05, 0.1) is 0 Å². The molecule has 0 aromatic heterocycles. The molecule has 24 heavy (non-hydrogen) atoms. The van der Waals surface area contributed by atoms with E-state index in [-0.39, 0.29) is 5.79 Å². The zero-order valence-corrected chi connectivity index (χ0v) is 16.8. The second-order valence-corrected chi connectivity index (χ2v) is 7.49. The first kappa shape index (κ1) is 22.0. The molecule has 1 aliphatic heterocycles. The third-order valence-corrected chi connectivity index (χ3v) is 5.19. The van der Waals surface area contributed by atoms with Crippen molar-refractivity contribution in [2.24, 2.45) is 0 Å². The van der Waals surface area contributed by atoms with Gasteiger partial charge < -0.3 is 5.32 Å². The van der Waals surface area contributed by atoms with Crippen molar-refractivity contribution in [3.8, 4) is 0 Å². The molecule has 0 aromatic carbocycles. The minimum Gasteiger partial charge on any atom is -0.317 e. The van der Waals surface area contributed by atoms with E-state index in [9.17, 15) is 0 Å². The van der Waals surface area contributed by atoms with Crippen molar-refractivity contribution in [1.82, 2.24) is 20.9 Å². The maximum atomic E-state index is 3.84. The van der Waals surface area contributed by atoms with Crippen LogP contribution in [0.3, 0.4) is 0 Å². The van der Waals surface area contributed by atoms with Crippen molar-refractivity contribution >= 4 is 15.1 Å². The standard InChI is InChI=1S/C18H42B2N4/c1-3-4-12-21-13-8-15-23-18(2)22-14-6-10-20-11-7-17-24(18)16-5-9-19/h20-23H,3-17,19H2,1-2H3. The van der Waals surface area contributed by atoms with Gasteiger partial charge in [0.15, 0.2) is 0 Å². The zero-order valence-electron chi connectivity index (χ0n) is 16.8. The Balaban J connectivity index is 2.45. The molecule has 0 aliphatic carbocycles. The summed E-state index contributed by atoms with van der Waals surface area (Å²) < 4.78 is 0. The van der Waals surface area contributed by atoms with E-state index in [1.54, 1.807) is 0 Å². The summed E-state index contributed by atoms with van der Waals surface area (Å²) in [6, 6.07) is 0. The number of nitrogens with one attached hydrogen (secondary N) is 3. The molecule has 1 atom stereocenters. The van der Waals surface area contributed by atoms with Gasteiger partial charge in [0.25, 0.3) is 0 Å². The lowest BCUT2D eigenvalue weighted by Crippen LogP contribution is -2.66. The van der Waals surface area contributed by atoms with Crippen LogP contribution < -0.4 is 16.0 Å². The first-order valence-electron chi connectivity index (χ1n) is 10.7. The van der Waals surface area contributed by atoms with Gasteiger partial charge in [-0.1, -0.05) is 32.3 Å². The highest BCUT2D eigenvalue weighted by Gasteiger charge is 2.30. The molecular formula is C18H42B2N4. The second-order valence-electron chi connectivity index (χ2n) is 7.49. The zero-order chi connectivity index (χ0) is 17.5. The highest BCUT2D eigenvalue weighted by Crippen LogP contribution is 2.14. The highest BCUT2D eigenvalue weighted by atomic mass is 15.4. The van der Waals surface area contributed by atoms with Crippen LogP contribution in [0.4, 0.5) is 0 Å². The lowest BCUT2D eigenvalue weighted by molar-refractivity contribution is 0.0374. The normalized spacial score (nSPS) is 23.8. The number of nitrogens with zero attached hydrogens (tertiary/aromatic N) is 1. The Bertz CT molecular complexity index is 294. The van der Waals surface area contributed by atoms with E-state index in [1.165, 1.54) is 77.9 Å². The van der Waals surface area contributed by atoms with Crippen LogP contribution in [0.5, 0.6) is 0 Å². The van der Waals surface area contributed by atoms with Gasteiger partial charge in [0, 0.05) is 13.1 Å². The molecule has 1 unspecified atom stereocenters. The molecule has 3 N–H and O–H groups in total. The van der Waals surface area contributed by atoms with Crippen molar-refractivity contribution in [2.45, 2.75) is 77.1 Å². The Morgan fingerprint density at radius 2 is 1.92 bits per heavy atom. The summed E-state index contributed by atoms with van der Waals surface area (Å²) in [5.41, 5.74) is 0. The minimum atomic E-state index is -0.0457. The lowest BCUT2D eigenvalue weighted by atomic mass is 9.69. The number of rotatable bonds is 11. The molecule has 0 amide bonds. The van der Waals surface area contributed by atoms with E-state index in [4.69, 9.17) is 0 Å². The lowest BCUT2D eigenvalue weighted by Gasteiger charge is -2.43. The average molecular weight is 336 g/mol. The molecule has 1 aliphatic rings. The van der Waals surface area contributed by atoms with Crippen molar-refractivity contribution < 1.29 is 0 Å². The van der Waals surface area contributed by atoms with E-state index < -0.39 is 0 Å². The first-order valence-corrected chi connectivity index (χ1v) is 10.7. The van der Waals surface area contributed by atoms with Crippen LogP contribution >= 0.6 is 0 Å². The molecule has 1 saturated heterocycles. The third kappa shape index (κ3) is 9.45. The largest absolute Gasteiger partial charge is 0.317 e. The molecular weight excluding hydrogens is 294 g/mol. The topological polar surface area (TPSA) is 39.3 Å². The summed E-state index contributed by atoms with van der Waals surface area (Å²) in [6.45, 7) is 11.5. The fourth-order valence-electron chi connectivity index (χ4n) is 3.46. The van der Waals surface area contributed by atoms with Crippen LogP contribution in [0.25, 0.3) is 0 Å². The third-order valence-electron chi connectivity index (χ3n) is 5.19. The molecule has 0 radical (unpaired) electrons. The van der Waals surface area contributed by atoms with Gasteiger partial charge in [-0.3, -0.25) is 15.5 Å². The Morgan fingerprint density at radius 3 is 2.71 bits per heavy atom. The maximum Gasteiger partial charge on any atom is 0.123 e. The predicted octanol–water partition coefficient (Wildman–Crippen LogP) is 1.43. The minimum absolute atomic E-state index is 0.0457. The molecule has 4 nitrogen and oxygen atoms in total.